The lowest BCUT2D eigenvalue weighted by atomic mass is 9.96. The standard InChI is InChI=1S/C15H28N4/c1-3-7-16-13-14-4-9-19(10-5-14)11-6-15-17-8-12-18(15)2/h8,12,14,16H,3-7,9-11,13H2,1-2H3. The minimum Gasteiger partial charge on any atom is -0.338 e. The van der Waals surface area contributed by atoms with E-state index in [1.54, 1.807) is 0 Å². The molecule has 1 aromatic heterocycles. The summed E-state index contributed by atoms with van der Waals surface area (Å²) in [5.74, 6) is 2.09. The normalized spacial score (nSPS) is 18.0. The quantitative estimate of drug-likeness (QED) is 0.761. The van der Waals surface area contributed by atoms with Crippen LogP contribution >= 0.6 is 0 Å². The topological polar surface area (TPSA) is 33.1 Å². The summed E-state index contributed by atoms with van der Waals surface area (Å²) in [7, 11) is 2.08. The molecule has 108 valence electrons. The molecule has 1 aromatic rings. The molecule has 0 aromatic carbocycles. The minimum absolute atomic E-state index is 0.885. The summed E-state index contributed by atoms with van der Waals surface area (Å²) in [5.41, 5.74) is 0. The van der Waals surface area contributed by atoms with Gasteiger partial charge in [0.1, 0.15) is 5.82 Å². The summed E-state index contributed by atoms with van der Waals surface area (Å²) < 4.78 is 2.13. The van der Waals surface area contributed by atoms with E-state index < -0.39 is 0 Å². The molecule has 0 atom stereocenters. The Hall–Kier alpha value is -0.870. The molecule has 1 saturated heterocycles. The van der Waals surface area contributed by atoms with Crippen molar-refractivity contribution < 1.29 is 0 Å². The summed E-state index contributed by atoms with van der Waals surface area (Å²) >= 11 is 0. The van der Waals surface area contributed by atoms with Crippen LogP contribution < -0.4 is 5.32 Å². The summed E-state index contributed by atoms with van der Waals surface area (Å²) in [6.07, 6.45) is 8.92. The highest BCUT2D eigenvalue weighted by atomic mass is 15.1. The van der Waals surface area contributed by atoms with E-state index in [2.05, 4.69) is 33.7 Å². The van der Waals surface area contributed by atoms with Crippen molar-refractivity contribution in [1.82, 2.24) is 19.8 Å². The first kappa shape index (κ1) is 14.5. The van der Waals surface area contributed by atoms with Crippen molar-refractivity contribution in [2.45, 2.75) is 32.6 Å². The highest BCUT2D eigenvalue weighted by Gasteiger charge is 2.18. The zero-order valence-electron chi connectivity index (χ0n) is 12.4. The van der Waals surface area contributed by atoms with Crippen molar-refractivity contribution in [3.63, 3.8) is 0 Å². The molecule has 0 saturated carbocycles. The molecule has 1 N–H and O–H groups in total. The second-order valence-corrected chi connectivity index (χ2v) is 5.69. The fraction of sp³-hybridized carbons (Fsp3) is 0.800. The number of rotatable bonds is 7. The highest BCUT2D eigenvalue weighted by Crippen LogP contribution is 2.16. The minimum atomic E-state index is 0.885. The summed E-state index contributed by atoms with van der Waals surface area (Å²) in [6, 6.07) is 0. The third-order valence-corrected chi connectivity index (χ3v) is 4.14. The van der Waals surface area contributed by atoms with Crippen LogP contribution in [0.4, 0.5) is 0 Å². The van der Waals surface area contributed by atoms with Crippen LogP contribution in [0.15, 0.2) is 12.4 Å². The monoisotopic (exact) mass is 264 g/mol. The van der Waals surface area contributed by atoms with Crippen LogP contribution in [0.2, 0.25) is 0 Å². The molecule has 2 heterocycles. The van der Waals surface area contributed by atoms with Gasteiger partial charge in [-0.1, -0.05) is 6.92 Å². The number of hydrogen-bond acceptors (Lipinski definition) is 3. The number of hydrogen-bond donors (Lipinski definition) is 1. The van der Waals surface area contributed by atoms with Crippen molar-refractivity contribution in [3.8, 4) is 0 Å². The fourth-order valence-corrected chi connectivity index (χ4v) is 2.79. The van der Waals surface area contributed by atoms with Gasteiger partial charge in [0.25, 0.3) is 0 Å². The second-order valence-electron chi connectivity index (χ2n) is 5.69. The molecule has 4 nitrogen and oxygen atoms in total. The van der Waals surface area contributed by atoms with Gasteiger partial charge >= 0.3 is 0 Å². The van der Waals surface area contributed by atoms with Crippen LogP contribution in [-0.4, -0.2) is 47.2 Å². The molecule has 0 radical (unpaired) electrons. The Morgan fingerprint density at radius 2 is 2.16 bits per heavy atom. The molecule has 0 bridgehead atoms. The molecule has 2 rings (SSSR count). The van der Waals surface area contributed by atoms with E-state index in [1.807, 2.05) is 12.4 Å². The van der Waals surface area contributed by atoms with Crippen molar-refractivity contribution >= 4 is 0 Å². The molecular formula is C15H28N4. The van der Waals surface area contributed by atoms with Gasteiger partial charge in [-0.25, -0.2) is 4.98 Å². The van der Waals surface area contributed by atoms with Crippen LogP contribution in [0.5, 0.6) is 0 Å². The Labute approximate surface area is 117 Å². The fourth-order valence-electron chi connectivity index (χ4n) is 2.79. The third kappa shape index (κ3) is 4.62. The average molecular weight is 264 g/mol. The molecular weight excluding hydrogens is 236 g/mol. The van der Waals surface area contributed by atoms with Crippen molar-refractivity contribution in [2.75, 3.05) is 32.7 Å². The highest BCUT2D eigenvalue weighted by molar-refractivity contribution is 4.92. The van der Waals surface area contributed by atoms with E-state index in [0.717, 1.165) is 18.9 Å². The Kier molecular flexibility index (Phi) is 5.86. The Bertz CT molecular complexity index is 353. The van der Waals surface area contributed by atoms with Gasteiger partial charge in [-0.2, -0.15) is 0 Å². The number of imidazole rings is 1. The molecule has 0 amide bonds. The lowest BCUT2D eigenvalue weighted by Gasteiger charge is -2.32. The molecule has 1 aliphatic heterocycles. The number of piperidine rings is 1. The van der Waals surface area contributed by atoms with E-state index in [1.165, 1.54) is 51.3 Å². The summed E-state index contributed by atoms with van der Waals surface area (Å²) in [5, 5.41) is 3.55. The number of nitrogens with zero attached hydrogens (tertiary/aromatic N) is 3. The van der Waals surface area contributed by atoms with Crippen molar-refractivity contribution in [3.05, 3.63) is 18.2 Å². The summed E-state index contributed by atoms with van der Waals surface area (Å²) in [6.45, 7) is 8.26. The number of aryl methyl sites for hydroxylation is 1. The molecule has 19 heavy (non-hydrogen) atoms. The molecule has 4 heteroatoms. The van der Waals surface area contributed by atoms with Gasteiger partial charge in [0.2, 0.25) is 0 Å². The number of likely N-dealkylation sites (tertiary alicyclic amines) is 1. The first-order valence-corrected chi connectivity index (χ1v) is 7.69. The van der Waals surface area contributed by atoms with Gasteiger partial charge in [-0.05, 0) is 51.4 Å². The Morgan fingerprint density at radius 1 is 1.37 bits per heavy atom. The number of nitrogens with one attached hydrogen (secondary N) is 1. The van der Waals surface area contributed by atoms with Gasteiger partial charge in [0.05, 0.1) is 0 Å². The maximum Gasteiger partial charge on any atom is 0.109 e. The van der Waals surface area contributed by atoms with E-state index in [0.29, 0.717) is 0 Å². The van der Waals surface area contributed by atoms with Gasteiger partial charge < -0.3 is 14.8 Å². The average Bonchev–Trinajstić information content (AvgIpc) is 2.84. The second kappa shape index (κ2) is 7.65. The van der Waals surface area contributed by atoms with Gasteiger partial charge in [0.15, 0.2) is 0 Å². The predicted octanol–water partition coefficient (Wildman–Crippen LogP) is 1.67. The van der Waals surface area contributed by atoms with Crippen LogP contribution in [0.25, 0.3) is 0 Å². The Balaban J connectivity index is 1.62. The van der Waals surface area contributed by atoms with Crippen LogP contribution in [0, 0.1) is 5.92 Å². The van der Waals surface area contributed by atoms with Gasteiger partial charge in [-0.3, -0.25) is 0 Å². The first-order chi connectivity index (χ1) is 9.29. The molecule has 1 aliphatic rings. The summed E-state index contributed by atoms with van der Waals surface area (Å²) in [4.78, 5) is 6.98. The lowest BCUT2D eigenvalue weighted by molar-refractivity contribution is 0.183. The van der Waals surface area contributed by atoms with Gasteiger partial charge in [0, 0.05) is 32.4 Å². The lowest BCUT2D eigenvalue weighted by Crippen LogP contribution is -2.38. The Morgan fingerprint density at radius 3 is 2.79 bits per heavy atom. The predicted molar refractivity (Wildman–Crippen MR) is 79.2 cm³/mol. The smallest absolute Gasteiger partial charge is 0.109 e. The van der Waals surface area contributed by atoms with Crippen LogP contribution in [0.3, 0.4) is 0 Å². The van der Waals surface area contributed by atoms with E-state index >= 15 is 0 Å². The maximum absolute atomic E-state index is 4.39. The zero-order chi connectivity index (χ0) is 13.5. The first-order valence-electron chi connectivity index (χ1n) is 7.69. The van der Waals surface area contributed by atoms with E-state index in [9.17, 15) is 0 Å². The maximum atomic E-state index is 4.39. The zero-order valence-corrected chi connectivity index (χ0v) is 12.4. The molecule has 0 unspecified atom stereocenters. The number of aromatic nitrogens is 2. The van der Waals surface area contributed by atoms with Crippen molar-refractivity contribution in [2.24, 2.45) is 13.0 Å². The van der Waals surface area contributed by atoms with Gasteiger partial charge in [-0.15, -0.1) is 0 Å². The SMILES string of the molecule is CCCNCC1CCN(CCc2nccn2C)CC1. The van der Waals surface area contributed by atoms with Crippen LogP contribution in [-0.2, 0) is 13.5 Å². The van der Waals surface area contributed by atoms with Crippen LogP contribution in [0.1, 0.15) is 32.0 Å². The third-order valence-electron chi connectivity index (χ3n) is 4.14. The van der Waals surface area contributed by atoms with E-state index in [-0.39, 0.29) is 0 Å². The van der Waals surface area contributed by atoms with Crippen molar-refractivity contribution in [1.29, 1.82) is 0 Å². The molecule has 1 fully saturated rings. The molecule has 0 aliphatic carbocycles. The largest absolute Gasteiger partial charge is 0.338 e. The van der Waals surface area contributed by atoms with E-state index in [4.69, 9.17) is 0 Å². The molecule has 0 spiro atoms.